The number of nitrogens with two attached hydrogens (primary N) is 1. The zero-order valence-electron chi connectivity index (χ0n) is 9.27. The summed E-state index contributed by atoms with van der Waals surface area (Å²) in [6, 6.07) is 5.80. The van der Waals surface area contributed by atoms with Crippen LogP contribution < -0.4 is 11.1 Å². The maximum atomic E-state index is 11.8. The topological polar surface area (TPSA) is 80.9 Å². The first-order valence-electron chi connectivity index (χ1n) is 5.34. The molecule has 6 heteroatoms. The molecular weight excluding hydrogens is 343 g/mol. The van der Waals surface area contributed by atoms with Crippen LogP contribution in [0.3, 0.4) is 0 Å². The molecule has 1 aliphatic rings. The summed E-state index contributed by atoms with van der Waals surface area (Å²) in [5, 5.41) is 2.87. The number of nitrogen functional groups attached to an aromatic ring is 1. The van der Waals surface area contributed by atoms with Crippen LogP contribution in [-0.4, -0.2) is 15.9 Å². The molecule has 3 rings (SSSR count). The first kappa shape index (κ1) is 11.4. The van der Waals surface area contributed by atoms with E-state index in [2.05, 4.69) is 37.9 Å². The summed E-state index contributed by atoms with van der Waals surface area (Å²) < 4.78 is 1.07. The van der Waals surface area contributed by atoms with Gasteiger partial charge in [-0.15, -0.1) is 0 Å². The van der Waals surface area contributed by atoms with Gasteiger partial charge in [0, 0.05) is 20.9 Å². The van der Waals surface area contributed by atoms with Crippen LogP contribution in [0.4, 0.5) is 11.6 Å². The fourth-order valence-electron chi connectivity index (χ4n) is 1.97. The Hall–Kier alpha value is -1.70. The van der Waals surface area contributed by atoms with E-state index in [-0.39, 0.29) is 18.3 Å². The first-order valence-corrected chi connectivity index (χ1v) is 6.42. The van der Waals surface area contributed by atoms with Crippen LogP contribution in [0.5, 0.6) is 0 Å². The van der Waals surface area contributed by atoms with Gasteiger partial charge in [0.25, 0.3) is 0 Å². The Morgan fingerprint density at radius 1 is 1.39 bits per heavy atom. The number of rotatable bonds is 0. The number of carbonyl (C=O) groups excluding carboxylic acids is 1. The zero-order valence-corrected chi connectivity index (χ0v) is 11.4. The third-order valence-electron chi connectivity index (χ3n) is 2.75. The fourth-order valence-corrected chi connectivity index (χ4v) is 2.46. The predicted molar refractivity (Wildman–Crippen MR) is 76.9 cm³/mol. The van der Waals surface area contributed by atoms with E-state index in [9.17, 15) is 4.79 Å². The Morgan fingerprint density at radius 2 is 2.22 bits per heavy atom. The fraction of sp³-hybridized carbons (Fsp3) is 0.0833. The van der Waals surface area contributed by atoms with Gasteiger partial charge in [-0.05, 0) is 40.8 Å². The monoisotopic (exact) mass is 352 g/mol. The maximum absolute atomic E-state index is 11.8. The second-order valence-corrected chi connectivity index (χ2v) is 5.26. The minimum atomic E-state index is -0.0652. The molecule has 0 saturated heterocycles. The van der Waals surface area contributed by atoms with E-state index in [1.165, 1.54) is 0 Å². The molecule has 0 atom stereocenters. The van der Waals surface area contributed by atoms with Crippen LogP contribution in [0, 0.1) is 3.57 Å². The Labute approximate surface area is 117 Å². The number of anilines is 2. The van der Waals surface area contributed by atoms with Crippen molar-refractivity contribution >= 4 is 40.1 Å². The lowest BCUT2D eigenvalue weighted by molar-refractivity contribution is -0.115. The van der Waals surface area contributed by atoms with Gasteiger partial charge in [-0.1, -0.05) is 0 Å². The molecule has 90 valence electrons. The van der Waals surface area contributed by atoms with E-state index in [4.69, 9.17) is 5.73 Å². The van der Waals surface area contributed by atoms with Crippen LogP contribution in [0.25, 0.3) is 11.3 Å². The number of nitrogens with one attached hydrogen (secondary N) is 1. The number of hydrogen-bond acceptors (Lipinski definition) is 4. The zero-order chi connectivity index (χ0) is 12.7. The van der Waals surface area contributed by atoms with Crippen molar-refractivity contribution < 1.29 is 4.79 Å². The summed E-state index contributed by atoms with van der Waals surface area (Å²) >= 11 is 2.22. The Bertz CT molecular complexity index is 601. The molecule has 0 saturated carbocycles. The van der Waals surface area contributed by atoms with Crippen molar-refractivity contribution in [1.29, 1.82) is 0 Å². The summed E-state index contributed by atoms with van der Waals surface area (Å²) in [4.78, 5) is 20.0. The summed E-state index contributed by atoms with van der Waals surface area (Å²) in [5.41, 5.74) is 8.81. The average molecular weight is 352 g/mol. The molecular formula is C12H9IN4O. The molecule has 0 radical (unpaired) electrons. The molecule has 1 aromatic heterocycles. The number of halogens is 1. The van der Waals surface area contributed by atoms with Gasteiger partial charge in [0.05, 0.1) is 17.8 Å². The number of nitrogens with zero attached hydrogens (tertiary/aromatic N) is 2. The molecule has 2 aromatic rings. The van der Waals surface area contributed by atoms with Crippen molar-refractivity contribution in [2.24, 2.45) is 0 Å². The minimum Gasteiger partial charge on any atom is -0.368 e. The molecule has 0 bridgehead atoms. The summed E-state index contributed by atoms with van der Waals surface area (Å²) in [5.74, 6) is 0.150. The molecule has 2 heterocycles. The van der Waals surface area contributed by atoms with Gasteiger partial charge in [-0.25, -0.2) is 9.97 Å². The molecule has 3 N–H and O–H groups in total. The summed E-state index contributed by atoms with van der Waals surface area (Å²) in [6.45, 7) is 0. The quantitative estimate of drug-likeness (QED) is 0.709. The number of carbonyl (C=O) groups is 1. The van der Waals surface area contributed by atoms with Gasteiger partial charge < -0.3 is 11.1 Å². The summed E-state index contributed by atoms with van der Waals surface area (Å²) in [7, 11) is 0. The molecule has 0 spiro atoms. The SMILES string of the molecule is Nc1ncc2c(n1)-c1cc(I)ccc1NC(=O)C2. The molecule has 18 heavy (non-hydrogen) atoms. The standard InChI is InChI=1S/C12H9IN4O/c13-7-1-2-9-8(4-7)11-6(3-10(18)16-9)5-15-12(14)17-11/h1-2,4-5H,3H2,(H,16,18)(H2,14,15,17). The van der Waals surface area contributed by atoms with E-state index in [1.54, 1.807) is 6.20 Å². The van der Waals surface area contributed by atoms with Gasteiger partial charge >= 0.3 is 0 Å². The molecule has 1 amide bonds. The van der Waals surface area contributed by atoms with Crippen molar-refractivity contribution in [3.63, 3.8) is 0 Å². The van der Waals surface area contributed by atoms with Crippen LogP contribution in [0.15, 0.2) is 24.4 Å². The molecule has 5 nitrogen and oxygen atoms in total. The van der Waals surface area contributed by atoms with Gasteiger partial charge in [-0.2, -0.15) is 0 Å². The highest BCUT2D eigenvalue weighted by atomic mass is 127. The number of hydrogen-bond donors (Lipinski definition) is 2. The Morgan fingerprint density at radius 3 is 3.06 bits per heavy atom. The molecule has 1 aromatic carbocycles. The number of benzene rings is 1. The molecule has 0 unspecified atom stereocenters. The van der Waals surface area contributed by atoms with E-state index >= 15 is 0 Å². The second-order valence-electron chi connectivity index (χ2n) is 4.02. The predicted octanol–water partition coefficient (Wildman–Crippen LogP) is 1.82. The number of aromatic nitrogens is 2. The van der Waals surface area contributed by atoms with Gasteiger partial charge in [-0.3, -0.25) is 4.79 Å². The lowest BCUT2D eigenvalue weighted by Gasteiger charge is -2.08. The van der Waals surface area contributed by atoms with Crippen LogP contribution in [0.1, 0.15) is 5.56 Å². The van der Waals surface area contributed by atoms with Crippen molar-refractivity contribution in [3.05, 3.63) is 33.5 Å². The summed E-state index contributed by atoms with van der Waals surface area (Å²) in [6.07, 6.45) is 1.88. The number of fused-ring (bicyclic) bond motifs is 3. The smallest absolute Gasteiger partial charge is 0.228 e. The minimum absolute atomic E-state index is 0.0652. The lowest BCUT2D eigenvalue weighted by atomic mass is 10.1. The van der Waals surface area contributed by atoms with Gasteiger partial charge in [0.15, 0.2) is 0 Å². The maximum Gasteiger partial charge on any atom is 0.228 e. The normalized spacial score (nSPS) is 13.3. The first-order chi connectivity index (χ1) is 8.63. The largest absolute Gasteiger partial charge is 0.368 e. The van der Waals surface area contributed by atoms with E-state index in [0.717, 1.165) is 26.1 Å². The molecule has 0 fully saturated rings. The van der Waals surface area contributed by atoms with Crippen molar-refractivity contribution in [1.82, 2.24) is 9.97 Å². The number of amides is 1. The third-order valence-corrected chi connectivity index (χ3v) is 3.42. The highest BCUT2D eigenvalue weighted by Crippen LogP contribution is 2.33. The Balaban J connectivity index is 2.32. The highest BCUT2D eigenvalue weighted by molar-refractivity contribution is 14.1. The van der Waals surface area contributed by atoms with Crippen molar-refractivity contribution in [2.75, 3.05) is 11.1 Å². The lowest BCUT2D eigenvalue weighted by Crippen LogP contribution is -2.12. The highest BCUT2D eigenvalue weighted by Gasteiger charge is 2.20. The average Bonchev–Trinajstić information content (AvgIpc) is 2.46. The van der Waals surface area contributed by atoms with Crippen molar-refractivity contribution in [3.8, 4) is 11.3 Å². The van der Waals surface area contributed by atoms with E-state index in [0.29, 0.717) is 0 Å². The van der Waals surface area contributed by atoms with Crippen LogP contribution >= 0.6 is 22.6 Å². The van der Waals surface area contributed by atoms with E-state index < -0.39 is 0 Å². The van der Waals surface area contributed by atoms with Gasteiger partial charge in [0.1, 0.15) is 0 Å². The second kappa shape index (κ2) is 4.20. The van der Waals surface area contributed by atoms with Crippen molar-refractivity contribution in [2.45, 2.75) is 6.42 Å². The van der Waals surface area contributed by atoms with Crippen LogP contribution in [0.2, 0.25) is 0 Å². The van der Waals surface area contributed by atoms with Gasteiger partial charge in [0.2, 0.25) is 11.9 Å². The molecule has 1 aliphatic heterocycles. The molecule has 0 aliphatic carbocycles. The van der Waals surface area contributed by atoms with Crippen LogP contribution in [-0.2, 0) is 11.2 Å². The van der Waals surface area contributed by atoms with E-state index in [1.807, 2.05) is 18.2 Å². The Kier molecular flexibility index (Phi) is 2.66. The third kappa shape index (κ3) is 1.92.